The third-order valence-corrected chi connectivity index (χ3v) is 7.07. The van der Waals surface area contributed by atoms with Gasteiger partial charge in [0.15, 0.2) is 11.5 Å². The predicted molar refractivity (Wildman–Crippen MR) is 168 cm³/mol. The molecule has 0 heterocycles. The van der Waals surface area contributed by atoms with E-state index in [1.165, 1.54) is 0 Å². The molecule has 222 valence electrons. The van der Waals surface area contributed by atoms with Gasteiger partial charge >= 0.3 is 6.03 Å². The van der Waals surface area contributed by atoms with Crippen LogP contribution in [0.1, 0.15) is 24.3 Å². The smallest absolute Gasteiger partial charge is 0.319 e. The maximum absolute atomic E-state index is 12.7. The van der Waals surface area contributed by atoms with Crippen LogP contribution in [0.4, 0.5) is 10.5 Å². The molecule has 0 saturated carbocycles. The normalized spacial score (nSPS) is 11.7. The Kier molecular flexibility index (Phi) is 12.9. The second kappa shape index (κ2) is 16.3. The Morgan fingerprint density at radius 1 is 0.854 bits per heavy atom. The molecular weight excluding hydrogens is 563 g/mol. The average molecular weight is 604 g/mol. The van der Waals surface area contributed by atoms with Gasteiger partial charge in [-0.25, -0.2) is 4.79 Å². The van der Waals surface area contributed by atoms with Gasteiger partial charge in [0.1, 0.15) is 0 Å². The van der Waals surface area contributed by atoms with Crippen molar-refractivity contribution >= 4 is 34.9 Å². The Morgan fingerprint density at radius 2 is 1.49 bits per heavy atom. The summed E-state index contributed by atoms with van der Waals surface area (Å²) in [7, 11) is 8.95. The summed E-state index contributed by atoms with van der Waals surface area (Å²) in [5.41, 5.74) is 3.62. The van der Waals surface area contributed by atoms with E-state index >= 15 is 0 Å². The zero-order valence-electron chi connectivity index (χ0n) is 24.4. The minimum Gasteiger partial charge on any atom is -0.493 e. The fourth-order valence-electron chi connectivity index (χ4n) is 4.52. The second-order valence-corrected chi connectivity index (χ2v) is 10.8. The monoisotopic (exact) mass is 602 g/mol. The van der Waals surface area contributed by atoms with E-state index in [0.717, 1.165) is 49.2 Å². The molecule has 0 aliphatic heterocycles. The number of hydrogen-bond donors (Lipinski definition) is 3. The van der Waals surface area contributed by atoms with Crippen molar-refractivity contribution in [3.63, 3.8) is 0 Å². The zero-order chi connectivity index (χ0) is 29.8. The fraction of sp³-hybridized carbons (Fsp3) is 0.387. The maximum atomic E-state index is 12.7. The Morgan fingerprint density at radius 3 is 2.05 bits per heavy atom. The lowest BCUT2D eigenvalue weighted by Crippen LogP contribution is -2.33. The molecule has 41 heavy (non-hydrogen) atoms. The Balaban J connectivity index is 1.73. The first-order valence-corrected chi connectivity index (χ1v) is 14.3. The number of rotatable bonds is 15. The number of nitrogens with one attached hydrogen (secondary N) is 3. The third-order valence-electron chi connectivity index (χ3n) is 6.64. The van der Waals surface area contributed by atoms with Crippen molar-refractivity contribution in [2.24, 2.45) is 0 Å². The number of carbonyl (C=O) groups excluding carboxylic acids is 1. The first-order chi connectivity index (χ1) is 19.7. The first-order valence-electron chi connectivity index (χ1n) is 13.5. The summed E-state index contributed by atoms with van der Waals surface area (Å²) in [5.74, 6) is 1.85. The molecule has 1 atom stereocenters. The molecule has 0 aliphatic carbocycles. The number of urea groups is 1. The molecule has 3 rings (SSSR count). The van der Waals surface area contributed by atoms with Crippen molar-refractivity contribution in [1.82, 2.24) is 15.5 Å². The van der Waals surface area contributed by atoms with E-state index < -0.39 is 0 Å². The SMILES string of the molecule is COc1cc(-c2ccc(C(CCNCCCN(C)C)CNC(=O)Nc3cc(Cl)cc(Cl)c3)cc2)cc(OC)c1OC. The van der Waals surface area contributed by atoms with E-state index in [2.05, 4.69) is 59.2 Å². The Bertz CT molecular complexity index is 1230. The van der Waals surface area contributed by atoms with Crippen LogP contribution in [0.3, 0.4) is 0 Å². The topological polar surface area (TPSA) is 84.1 Å². The number of carbonyl (C=O) groups is 1. The molecule has 1 unspecified atom stereocenters. The molecule has 0 fully saturated rings. The van der Waals surface area contributed by atoms with E-state index in [-0.39, 0.29) is 11.9 Å². The second-order valence-electron chi connectivity index (χ2n) is 9.92. The molecule has 0 aliphatic rings. The van der Waals surface area contributed by atoms with Crippen LogP contribution in [0.25, 0.3) is 11.1 Å². The summed E-state index contributed by atoms with van der Waals surface area (Å²) in [5, 5.41) is 10.3. The molecular formula is C31H40Cl2N4O4. The standard InChI is InChI=1S/C31H40Cl2N4O4/c1-37(2)14-6-12-34-13-11-23(20-35-31(38)36-27-18-25(32)17-26(33)19-27)21-7-9-22(10-8-21)24-15-28(39-3)30(41-5)29(16-24)40-4/h7-10,15-19,23,34H,6,11-14,20H2,1-5H3,(H2,35,36,38). The van der Waals surface area contributed by atoms with E-state index in [1.807, 2.05) is 12.1 Å². The maximum Gasteiger partial charge on any atom is 0.319 e. The van der Waals surface area contributed by atoms with Crippen LogP contribution in [0.15, 0.2) is 54.6 Å². The molecule has 3 aromatic carbocycles. The highest BCUT2D eigenvalue weighted by atomic mass is 35.5. The molecule has 0 saturated heterocycles. The lowest BCUT2D eigenvalue weighted by Gasteiger charge is -2.20. The van der Waals surface area contributed by atoms with Gasteiger partial charge in [-0.1, -0.05) is 47.5 Å². The quantitative estimate of drug-likeness (QED) is 0.172. The highest BCUT2D eigenvalue weighted by Gasteiger charge is 2.16. The molecule has 0 spiro atoms. The van der Waals surface area contributed by atoms with Crippen LogP contribution in [0, 0.1) is 0 Å². The summed E-state index contributed by atoms with van der Waals surface area (Å²) in [4.78, 5) is 14.9. The number of amides is 2. The lowest BCUT2D eigenvalue weighted by molar-refractivity contribution is 0.251. The summed E-state index contributed by atoms with van der Waals surface area (Å²) in [6, 6.07) is 16.8. The predicted octanol–water partition coefficient (Wildman–Crippen LogP) is 6.52. The van der Waals surface area contributed by atoms with E-state index in [0.29, 0.717) is 39.5 Å². The van der Waals surface area contributed by atoms with Gasteiger partial charge < -0.3 is 35.1 Å². The number of ether oxygens (including phenoxy) is 3. The van der Waals surface area contributed by atoms with E-state index in [4.69, 9.17) is 37.4 Å². The Labute approximate surface area is 253 Å². The average Bonchev–Trinajstić information content (AvgIpc) is 2.94. The summed E-state index contributed by atoms with van der Waals surface area (Å²) in [6.45, 7) is 3.27. The van der Waals surface area contributed by atoms with Crippen LogP contribution < -0.4 is 30.2 Å². The van der Waals surface area contributed by atoms with E-state index in [9.17, 15) is 4.79 Å². The van der Waals surface area contributed by atoms with Crippen molar-refractivity contribution in [1.29, 1.82) is 0 Å². The van der Waals surface area contributed by atoms with Gasteiger partial charge in [-0.15, -0.1) is 0 Å². The molecule has 8 nitrogen and oxygen atoms in total. The Hall–Kier alpha value is -3.17. The number of anilines is 1. The first kappa shape index (κ1) is 32.3. The number of hydrogen-bond acceptors (Lipinski definition) is 6. The summed E-state index contributed by atoms with van der Waals surface area (Å²) < 4.78 is 16.5. The van der Waals surface area contributed by atoms with Gasteiger partial charge in [0, 0.05) is 28.2 Å². The number of halogens is 2. The van der Waals surface area contributed by atoms with Gasteiger partial charge in [-0.3, -0.25) is 0 Å². The minimum absolute atomic E-state index is 0.0963. The highest BCUT2D eigenvalue weighted by molar-refractivity contribution is 6.35. The van der Waals surface area contributed by atoms with Gasteiger partial charge in [0.2, 0.25) is 5.75 Å². The summed E-state index contributed by atoms with van der Waals surface area (Å²) in [6.07, 6.45) is 1.93. The van der Waals surface area contributed by atoms with Crippen molar-refractivity contribution in [3.8, 4) is 28.4 Å². The lowest BCUT2D eigenvalue weighted by atomic mass is 9.93. The minimum atomic E-state index is -0.318. The molecule has 0 bridgehead atoms. The van der Waals surface area contributed by atoms with Crippen LogP contribution in [0.5, 0.6) is 17.2 Å². The van der Waals surface area contributed by atoms with Crippen LogP contribution in [-0.2, 0) is 0 Å². The summed E-state index contributed by atoms with van der Waals surface area (Å²) >= 11 is 12.1. The van der Waals surface area contributed by atoms with Crippen LogP contribution in [0.2, 0.25) is 10.0 Å². The van der Waals surface area contributed by atoms with Crippen LogP contribution >= 0.6 is 23.2 Å². The molecule has 0 radical (unpaired) electrons. The van der Waals surface area contributed by atoms with Crippen molar-refractivity contribution in [3.05, 3.63) is 70.2 Å². The van der Waals surface area contributed by atoms with Crippen molar-refractivity contribution < 1.29 is 19.0 Å². The number of methoxy groups -OCH3 is 3. The number of benzene rings is 3. The van der Waals surface area contributed by atoms with Gasteiger partial charge in [-0.05, 0) is 93.6 Å². The van der Waals surface area contributed by atoms with Gasteiger partial charge in [0.25, 0.3) is 0 Å². The third kappa shape index (κ3) is 10.0. The van der Waals surface area contributed by atoms with Gasteiger partial charge in [-0.2, -0.15) is 0 Å². The number of nitrogens with zero attached hydrogens (tertiary/aromatic N) is 1. The highest BCUT2D eigenvalue weighted by Crippen LogP contribution is 2.41. The van der Waals surface area contributed by atoms with Crippen LogP contribution in [-0.4, -0.2) is 72.5 Å². The largest absolute Gasteiger partial charge is 0.493 e. The van der Waals surface area contributed by atoms with Gasteiger partial charge in [0.05, 0.1) is 21.3 Å². The molecule has 10 heteroatoms. The van der Waals surface area contributed by atoms with Crippen molar-refractivity contribution in [2.75, 3.05) is 66.9 Å². The van der Waals surface area contributed by atoms with E-state index in [1.54, 1.807) is 39.5 Å². The van der Waals surface area contributed by atoms with Crippen molar-refractivity contribution in [2.45, 2.75) is 18.8 Å². The fourth-order valence-corrected chi connectivity index (χ4v) is 5.05. The molecule has 2 amide bonds. The molecule has 3 aromatic rings. The zero-order valence-corrected chi connectivity index (χ0v) is 25.9. The molecule has 3 N–H and O–H groups in total. The molecule has 0 aromatic heterocycles.